The van der Waals surface area contributed by atoms with Gasteiger partial charge < -0.3 is 14.7 Å². The molecule has 0 bridgehead atoms. The molecule has 2 heterocycles. The molecule has 5 rings (SSSR count). The van der Waals surface area contributed by atoms with E-state index < -0.39 is 5.60 Å². The summed E-state index contributed by atoms with van der Waals surface area (Å²) < 4.78 is 5.75. The highest BCUT2D eigenvalue weighted by Crippen LogP contribution is 2.45. The molecule has 32 heavy (non-hydrogen) atoms. The minimum absolute atomic E-state index is 0.0185. The maximum absolute atomic E-state index is 12.5. The number of hydrogen-bond acceptors (Lipinski definition) is 4. The fraction of sp³-hybridized carbons (Fsp3) is 0.333. The fourth-order valence-corrected chi connectivity index (χ4v) is 4.81. The molecule has 0 saturated heterocycles. The second-order valence-electron chi connectivity index (χ2n) is 9.13. The van der Waals surface area contributed by atoms with Crippen molar-refractivity contribution in [2.45, 2.75) is 44.6 Å². The lowest BCUT2D eigenvalue weighted by Gasteiger charge is -2.41. The highest BCUT2D eigenvalue weighted by atomic mass is 16.5. The van der Waals surface area contributed by atoms with E-state index in [1.807, 2.05) is 31.2 Å². The third-order valence-electron chi connectivity index (χ3n) is 6.45. The summed E-state index contributed by atoms with van der Waals surface area (Å²) in [6.45, 7) is 4.62. The van der Waals surface area contributed by atoms with Crippen LogP contribution < -0.4 is 9.64 Å². The molecule has 1 amide bonds. The van der Waals surface area contributed by atoms with Gasteiger partial charge in [-0.25, -0.2) is 4.98 Å². The van der Waals surface area contributed by atoms with Gasteiger partial charge in [0.1, 0.15) is 5.69 Å². The molecule has 3 aromatic rings. The van der Waals surface area contributed by atoms with Gasteiger partial charge in [-0.05, 0) is 49.3 Å². The summed E-state index contributed by atoms with van der Waals surface area (Å²) in [7, 11) is 0. The molecule has 5 nitrogen and oxygen atoms in total. The van der Waals surface area contributed by atoms with Gasteiger partial charge in [0.25, 0.3) is 5.91 Å². The first kappa shape index (κ1) is 20.7. The minimum atomic E-state index is -0.539. The lowest BCUT2D eigenvalue weighted by atomic mass is 9.69. The summed E-state index contributed by atoms with van der Waals surface area (Å²) in [5, 5.41) is 10.1. The van der Waals surface area contributed by atoms with Crippen LogP contribution in [0.2, 0.25) is 0 Å². The highest BCUT2D eigenvalue weighted by molar-refractivity contribution is 5.99. The standard InChI is InChI=1S/C27H28N2O3/c1-3-13-29-23-14-22(19-7-5-4-6-8-19)25(28-26(23)32-17-24(29)30)20-11-9-18(10-12-20)21-15-27(2,31)16-21/h4-12,14,21,31H,3,13,15-17H2,1-2H3. The predicted molar refractivity (Wildman–Crippen MR) is 126 cm³/mol. The van der Waals surface area contributed by atoms with Crippen molar-refractivity contribution >= 4 is 11.6 Å². The molecular weight excluding hydrogens is 400 g/mol. The van der Waals surface area contributed by atoms with Gasteiger partial charge in [0, 0.05) is 17.7 Å². The molecule has 1 aromatic heterocycles. The van der Waals surface area contributed by atoms with Gasteiger partial charge in [0.15, 0.2) is 6.61 Å². The maximum Gasteiger partial charge on any atom is 0.265 e. The predicted octanol–water partition coefficient (Wildman–Crippen LogP) is 5.18. The zero-order chi connectivity index (χ0) is 22.3. The van der Waals surface area contributed by atoms with Crippen LogP contribution in [0.5, 0.6) is 5.88 Å². The average Bonchev–Trinajstić information content (AvgIpc) is 2.79. The number of carbonyl (C=O) groups is 1. The molecule has 1 fully saturated rings. The van der Waals surface area contributed by atoms with E-state index >= 15 is 0 Å². The van der Waals surface area contributed by atoms with E-state index in [0.29, 0.717) is 18.3 Å². The Kier molecular flexibility index (Phi) is 5.22. The number of anilines is 1. The Morgan fingerprint density at radius 3 is 2.47 bits per heavy atom. The van der Waals surface area contributed by atoms with Gasteiger partial charge in [-0.2, -0.15) is 0 Å². The first-order valence-electron chi connectivity index (χ1n) is 11.3. The lowest BCUT2D eigenvalue weighted by molar-refractivity contribution is -0.121. The molecule has 1 N–H and O–H groups in total. The number of ether oxygens (including phenoxy) is 1. The summed E-state index contributed by atoms with van der Waals surface area (Å²) in [5.74, 6) is 0.876. The zero-order valence-corrected chi connectivity index (χ0v) is 18.5. The quantitative estimate of drug-likeness (QED) is 0.608. The Bertz CT molecular complexity index is 1130. The van der Waals surface area contributed by atoms with Crippen molar-refractivity contribution in [1.82, 2.24) is 4.98 Å². The van der Waals surface area contributed by atoms with Crippen LogP contribution in [0.15, 0.2) is 60.7 Å². The summed E-state index contributed by atoms with van der Waals surface area (Å²) in [6, 6.07) is 20.6. The summed E-state index contributed by atoms with van der Waals surface area (Å²) in [5.41, 5.74) is 5.31. The Morgan fingerprint density at radius 1 is 1.09 bits per heavy atom. The number of hydrogen-bond donors (Lipinski definition) is 1. The number of carbonyl (C=O) groups excluding carboxylic acids is 1. The number of fused-ring (bicyclic) bond motifs is 1. The van der Waals surface area contributed by atoms with Crippen molar-refractivity contribution in [3.8, 4) is 28.3 Å². The maximum atomic E-state index is 12.5. The van der Waals surface area contributed by atoms with Gasteiger partial charge in [0.2, 0.25) is 5.88 Å². The van der Waals surface area contributed by atoms with E-state index in [4.69, 9.17) is 9.72 Å². The van der Waals surface area contributed by atoms with Gasteiger partial charge in [-0.3, -0.25) is 4.79 Å². The van der Waals surface area contributed by atoms with Gasteiger partial charge >= 0.3 is 0 Å². The lowest BCUT2D eigenvalue weighted by Crippen LogP contribution is -2.39. The largest absolute Gasteiger partial charge is 0.466 e. The van der Waals surface area contributed by atoms with E-state index in [2.05, 4.69) is 43.3 Å². The van der Waals surface area contributed by atoms with Gasteiger partial charge in [0.05, 0.1) is 11.3 Å². The fourth-order valence-electron chi connectivity index (χ4n) is 4.81. The number of aromatic nitrogens is 1. The number of aliphatic hydroxyl groups is 1. The number of benzene rings is 2. The Morgan fingerprint density at radius 2 is 1.81 bits per heavy atom. The SMILES string of the molecule is CCCN1C(=O)COc2nc(-c3ccc(C4CC(C)(O)C4)cc3)c(-c3ccccc3)cc21. The van der Waals surface area contributed by atoms with Crippen LogP contribution in [0.25, 0.3) is 22.4 Å². The third-order valence-corrected chi connectivity index (χ3v) is 6.45. The molecular formula is C27H28N2O3. The summed E-state index contributed by atoms with van der Waals surface area (Å²) in [6.07, 6.45) is 2.46. The number of nitrogens with zero attached hydrogens (tertiary/aromatic N) is 2. The monoisotopic (exact) mass is 428 g/mol. The summed E-state index contributed by atoms with van der Waals surface area (Å²) in [4.78, 5) is 19.2. The Labute approximate surface area is 188 Å². The first-order valence-corrected chi connectivity index (χ1v) is 11.3. The molecule has 2 aliphatic rings. The highest BCUT2D eigenvalue weighted by Gasteiger charge is 2.39. The number of rotatable bonds is 5. The molecule has 0 unspecified atom stereocenters. The normalized spacial score (nSPS) is 22.2. The topological polar surface area (TPSA) is 62.7 Å². The molecule has 0 atom stereocenters. The van der Waals surface area contributed by atoms with E-state index in [0.717, 1.165) is 47.3 Å². The molecule has 2 aromatic carbocycles. The van der Waals surface area contributed by atoms with Crippen LogP contribution in [0.3, 0.4) is 0 Å². The van der Waals surface area contributed by atoms with Crippen LogP contribution in [-0.2, 0) is 4.79 Å². The van der Waals surface area contributed by atoms with Crippen molar-refractivity contribution in [1.29, 1.82) is 0 Å². The van der Waals surface area contributed by atoms with Crippen LogP contribution in [0, 0.1) is 0 Å². The number of pyridine rings is 1. The van der Waals surface area contributed by atoms with Crippen molar-refractivity contribution in [2.75, 3.05) is 18.1 Å². The zero-order valence-electron chi connectivity index (χ0n) is 18.5. The second kappa shape index (κ2) is 8.06. The van der Waals surface area contributed by atoms with E-state index in [1.54, 1.807) is 4.90 Å². The van der Waals surface area contributed by atoms with Crippen molar-refractivity contribution in [2.24, 2.45) is 0 Å². The van der Waals surface area contributed by atoms with Crippen molar-refractivity contribution in [3.63, 3.8) is 0 Å². The van der Waals surface area contributed by atoms with Gasteiger partial charge in [-0.15, -0.1) is 0 Å². The van der Waals surface area contributed by atoms with Crippen LogP contribution in [-0.4, -0.2) is 34.8 Å². The van der Waals surface area contributed by atoms with Gasteiger partial charge in [-0.1, -0.05) is 61.5 Å². The van der Waals surface area contributed by atoms with Crippen molar-refractivity contribution < 1.29 is 14.6 Å². The number of amides is 1. The Hall–Kier alpha value is -3.18. The smallest absolute Gasteiger partial charge is 0.265 e. The average molecular weight is 429 g/mol. The second-order valence-corrected chi connectivity index (χ2v) is 9.13. The van der Waals surface area contributed by atoms with Crippen LogP contribution in [0.4, 0.5) is 5.69 Å². The van der Waals surface area contributed by atoms with Crippen LogP contribution >= 0.6 is 0 Å². The van der Waals surface area contributed by atoms with E-state index in [-0.39, 0.29) is 12.5 Å². The molecule has 0 spiro atoms. The molecule has 1 aliphatic heterocycles. The molecule has 164 valence electrons. The molecule has 1 aliphatic carbocycles. The third kappa shape index (κ3) is 3.78. The molecule has 0 radical (unpaired) electrons. The van der Waals surface area contributed by atoms with Crippen LogP contribution in [0.1, 0.15) is 44.6 Å². The minimum Gasteiger partial charge on any atom is -0.466 e. The van der Waals surface area contributed by atoms with E-state index in [1.165, 1.54) is 5.56 Å². The molecule has 5 heteroatoms. The first-order chi connectivity index (χ1) is 15.4. The Balaban J connectivity index is 1.58. The van der Waals surface area contributed by atoms with E-state index in [9.17, 15) is 9.90 Å². The molecule has 1 saturated carbocycles. The van der Waals surface area contributed by atoms with Crippen molar-refractivity contribution in [3.05, 3.63) is 66.2 Å². The summed E-state index contributed by atoms with van der Waals surface area (Å²) >= 11 is 0.